The molecular weight excluding hydrogens is 630 g/mol. The second-order valence-corrected chi connectivity index (χ2v) is 15.4. The van der Waals surface area contributed by atoms with Crippen molar-refractivity contribution in [2.75, 3.05) is 78.5 Å². The number of esters is 3. The molecule has 0 radical (unpaired) electrons. The van der Waals surface area contributed by atoms with Crippen molar-refractivity contribution in [3.63, 3.8) is 0 Å². The fraction of sp³-hybridized carbons (Fsp3) is 0.844. The summed E-state index contributed by atoms with van der Waals surface area (Å²) in [4.78, 5) is 70.9. The molecule has 0 aromatic rings. The second kappa shape index (κ2) is 17.1. The Balaban J connectivity index is 2.45. The van der Waals surface area contributed by atoms with Crippen LogP contribution in [0.3, 0.4) is 0 Å². The number of rotatable bonds is 8. The molecule has 2 fully saturated rings. The van der Waals surface area contributed by atoms with Crippen molar-refractivity contribution in [3.05, 3.63) is 0 Å². The summed E-state index contributed by atoms with van der Waals surface area (Å²) in [7, 11) is 0. The number of aliphatic carboxylic acids is 1. The average Bonchev–Trinajstić information content (AvgIpc) is 3.23. The number of aliphatic hydroxyl groups is 1. The van der Waals surface area contributed by atoms with Gasteiger partial charge in [-0.05, 0) is 62.3 Å². The van der Waals surface area contributed by atoms with E-state index in [0.717, 1.165) is 4.90 Å². The van der Waals surface area contributed by atoms with E-state index in [9.17, 15) is 39.3 Å². The van der Waals surface area contributed by atoms with E-state index in [1.807, 2.05) is 14.7 Å². The Morgan fingerprint density at radius 2 is 0.896 bits per heavy atom. The number of carbonyl (C=O) groups excluding carboxylic acids is 3. The Morgan fingerprint density at radius 1 is 0.583 bits per heavy atom. The van der Waals surface area contributed by atoms with Crippen LogP contribution in [0.2, 0.25) is 0 Å². The molecule has 3 atom stereocenters. The first-order valence-corrected chi connectivity index (χ1v) is 16.4. The zero-order valence-electron chi connectivity index (χ0n) is 30.1. The van der Waals surface area contributed by atoms with Gasteiger partial charge >= 0.3 is 30.0 Å². The van der Waals surface area contributed by atoms with Crippen molar-refractivity contribution in [3.8, 4) is 0 Å². The van der Waals surface area contributed by atoms with Crippen LogP contribution in [0.15, 0.2) is 0 Å². The first-order valence-electron chi connectivity index (χ1n) is 16.4. The zero-order chi connectivity index (χ0) is 36.6. The number of aliphatic hydroxyl groups excluding tert-OH is 1. The fourth-order valence-electron chi connectivity index (χ4n) is 5.73. The van der Waals surface area contributed by atoms with Gasteiger partial charge in [-0.2, -0.15) is 0 Å². The van der Waals surface area contributed by atoms with Gasteiger partial charge in [-0.15, -0.1) is 0 Å². The summed E-state index contributed by atoms with van der Waals surface area (Å²) in [5.74, 6) is -2.75. The van der Waals surface area contributed by atoms with Gasteiger partial charge in [0.25, 0.3) is 0 Å². The Kier molecular flexibility index (Phi) is 14.6. The Bertz CT molecular complexity index is 1080. The molecule has 16 heteroatoms. The van der Waals surface area contributed by atoms with Gasteiger partial charge in [0.15, 0.2) is 6.04 Å². The molecule has 2 aliphatic rings. The summed E-state index contributed by atoms with van der Waals surface area (Å²) in [6.45, 7) is 17.4. The van der Waals surface area contributed by atoms with Crippen molar-refractivity contribution < 1.29 is 53.5 Å². The average molecular weight is 688 g/mol. The Hall–Kier alpha value is -3.05. The number of nitrogens with zero attached hydrogens (tertiary/aromatic N) is 5. The lowest BCUT2D eigenvalue weighted by molar-refractivity contribution is -0.158. The number of amides is 1. The maximum absolute atomic E-state index is 12.9. The molecule has 2 aliphatic heterocycles. The van der Waals surface area contributed by atoms with Crippen LogP contribution in [0.25, 0.3) is 0 Å². The first kappa shape index (κ1) is 41.1. The highest BCUT2D eigenvalue weighted by Crippen LogP contribution is 2.25. The highest BCUT2D eigenvalue weighted by Gasteiger charge is 2.50. The number of hydrogen-bond acceptors (Lipinski definition) is 13. The van der Waals surface area contributed by atoms with Crippen LogP contribution in [0.5, 0.6) is 0 Å². The van der Waals surface area contributed by atoms with E-state index in [0.29, 0.717) is 26.2 Å². The van der Waals surface area contributed by atoms with Gasteiger partial charge in [-0.3, -0.25) is 38.9 Å². The minimum atomic E-state index is -1.53. The molecule has 2 heterocycles. The molecule has 48 heavy (non-hydrogen) atoms. The van der Waals surface area contributed by atoms with Crippen LogP contribution >= 0.6 is 0 Å². The SMILES string of the molecule is CC(C)(C)OC(=O)CN1CCN(CC(=O)OC(C)(C)C)CCN([C@H]2[C@@H](C(=O)O)N(C(=O)O)C[C@@H]2O)CCN(CC(=O)OC(C)(C)C)CC1. The minimum Gasteiger partial charge on any atom is -0.480 e. The summed E-state index contributed by atoms with van der Waals surface area (Å²) in [5, 5.41) is 30.8. The van der Waals surface area contributed by atoms with E-state index < -0.39 is 65.0 Å². The van der Waals surface area contributed by atoms with E-state index in [-0.39, 0.29) is 52.4 Å². The molecule has 0 spiro atoms. The third kappa shape index (κ3) is 14.6. The van der Waals surface area contributed by atoms with Gasteiger partial charge in [0.2, 0.25) is 0 Å². The van der Waals surface area contributed by atoms with Crippen molar-refractivity contribution >= 4 is 30.0 Å². The van der Waals surface area contributed by atoms with Crippen molar-refractivity contribution in [1.29, 1.82) is 0 Å². The van der Waals surface area contributed by atoms with Crippen LogP contribution in [0.1, 0.15) is 62.3 Å². The summed E-state index contributed by atoms with van der Waals surface area (Å²) in [5.41, 5.74) is -2.13. The first-order chi connectivity index (χ1) is 21.9. The number of carboxylic acid groups (broad SMARTS) is 2. The molecule has 0 aromatic heterocycles. The molecule has 2 rings (SSSR count). The molecule has 16 nitrogen and oxygen atoms in total. The molecule has 0 aromatic carbocycles. The number of likely N-dealkylation sites (tertiary alicyclic amines) is 1. The van der Waals surface area contributed by atoms with Gasteiger partial charge < -0.3 is 29.5 Å². The predicted octanol–water partition coefficient (Wildman–Crippen LogP) is 0.409. The number of carboxylic acids is 1. The molecule has 0 unspecified atom stereocenters. The largest absolute Gasteiger partial charge is 0.480 e. The zero-order valence-corrected chi connectivity index (χ0v) is 30.1. The number of β-amino-alcohol motifs (C(OH)–C–C–N with tert-alkyl or cyclic N) is 1. The summed E-state index contributed by atoms with van der Waals surface area (Å²) in [6.07, 6.45) is -2.75. The molecule has 3 N–H and O–H groups in total. The number of carbonyl (C=O) groups is 5. The lowest BCUT2D eigenvalue weighted by Crippen LogP contribution is -2.57. The highest BCUT2D eigenvalue weighted by molar-refractivity contribution is 5.81. The van der Waals surface area contributed by atoms with Gasteiger partial charge in [-0.1, -0.05) is 0 Å². The summed E-state index contributed by atoms with van der Waals surface area (Å²) in [6, 6.07) is -2.62. The van der Waals surface area contributed by atoms with Crippen molar-refractivity contribution in [2.24, 2.45) is 0 Å². The molecular formula is C32H57N5O11. The lowest BCUT2D eigenvalue weighted by atomic mass is 10.0. The van der Waals surface area contributed by atoms with Crippen LogP contribution in [-0.4, -0.2) is 183 Å². The topological polar surface area (TPSA) is 190 Å². The second-order valence-electron chi connectivity index (χ2n) is 15.4. The molecule has 0 bridgehead atoms. The standard InChI is InChI=1S/C32H57N5O11/c1-30(2,3)46-23(39)19-33-10-12-34(20-24(40)47-31(4,5)6)14-16-36(26-22(38)18-37(29(44)45)27(26)28(42)43)17-15-35(13-11-33)21-25(41)48-32(7,8)9/h22,26-27,38H,10-21H2,1-9H3,(H,42,43)(H,44,45)/t22-,26+,27-/m0/s1. The van der Waals surface area contributed by atoms with Crippen LogP contribution in [0.4, 0.5) is 4.79 Å². The lowest BCUT2D eigenvalue weighted by Gasteiger charge is -2.38. The maximum Gasteiger partial charge on any atom is 0.408 e. The van der Waals surface area contributed by atoms with Crippen LogP contribution in [-0.2, 0) is 33.4 Å². The Labute approximate surface area is 283 Å². The normalized spacial score (nSPS) is 23.5. The van der Waals surface area contributed by atoms with Crippen LogP contribution in [0, 0.1) is 0 Å². The Morgan fingerprint density at radius 3 is 1.17 bits per heavy atom. The summed E-state index contributed by atoms with van der Waals surface area (Å²) >= 11 is 0. The van der Waals surface area contributed by atoms with Crippen molar-refractivity contribution in [1.82, 2.24) is 24.5 Å². The summed E-state index contributed by atoms with van der Waals surface area (Å²) < 4.78 is 16.7. The number of ether oxygens (including phenoxy) is 3. The predicted molar refractivity (Wildman–Crippen MR) is 174 cm³/mol. The molecule has 1 amide bonds. The van der Waals surface area contributed by atoms with E-state index in [2.05, 4.69) is 0 Å². The third-order valence-electron chi connectivity index (χ3n) is 7.55. The minimum absolute atomic E-state index is 0.0243. The van der Waals surface area contributed by atoms with Gasteiger partial charge in [0, 0.05) is 52.4 Å². The van der Waals surface area contributed by atoms with Crippen LogP contribution < -0.4 is 0 Å². The number of hydrogen-bond donors (Lipinski definition) is 3. The highest BCUT2D eigenvalue weighted by atomic mass is 16.6. The van der Waals surface area contributed by atoms with Gasteiger partial charge in [0.1, 0.15) is 16.8 Å². The van der Waals surface area contributed by atoms with E-state index in [1.165, 1.54) is 0 Å². The molecule has 276 valence electrons. The monoisotopic (exact) mass is 687 g/mol. The third-order valence-corrected chi connectivity index (χ3v) is 7.55. The van der Waals surface area contributed by atoms with Crippen molar-refractivity contribution in [2.45, 2.75) is 97.3 Å². The molecule has 0 saturated carbocycles. The molecule has 0 aliphatic carbocycles. The quantitative estimate of drug-likeness (QED) is 0.235. The van der Waals surface area contributed by atoms with Gasteiger partial charge in [-0.25, -0.2) is 9.59 Å². The van der Waals surface area contributed by atoms with E-state index in [1.54, 1.807) is 67.2 Å². The smallest absolute Gasteiger partial charge is 0.408 e. The fourth-order valence-corrected chi connectivity index (χ4v) is 5.73. The van der Waals surface area contributed by atoms with Gasteiger partial charge in [0.05, 0.1) is 38.3 Å². The maximum atomic E-state index is 12.9. The van der Waals surface area contributed by atoms with E-state index in [4.69, 9.17) is 14.2 Å². The van der Waals surface area contributed by atoms with E-state index >= 15 is 0 Å². The molecule has 2 saturated heterocycles.